The first kappa shape index (κ1) is 28.3. The molecule has 0 aliphatic carbocycles. The minimum Gasteiger partial charge on any atom is -0.478 e. The number of carboxylic acids is 1. The molecule has 0 amide bonds. The number of benzene rings is 3. The van der Waals surface area contributed by atoms with E-state index >= 15 is 0 Å². The Morgan fingerprint density at radius 1 is 1.05 bits per heavy atom. The SMILES string of the molecule is Cc1c(N(Cc2ccc(C(C)(O)C(F)(F)F)c(Cl)c2)S(=O)(=O)c2ccc(C(=O)O)cc2)ncc2ccccc12. The lowest BCUT2D eigenvalue weighted by atomic mass is 9.94. The number of anilines is 1. The number of aliphatic hydroxyl groups is 1. The van der Waals surface area contributed by atoms with Gasteiger partial charge >= 0.3 is 12.1 Å². The minimum absolute atomic E-state index is 0.0681. The highest BCUT2D eigenvalue weighted by Crippen LogP contribution is 2.42. The summed E-state index contributed by atoms with van der Waals surface area (Å²) in [7, 11) is -4.36. The van der Waals surface area contributed by atoms with Crippen molar-refractivity contribution < 1.29 is 36.6 Å². The molecule has 7 nitrogen and oxygen atoms in total. The zero-order valence-electron chi connectivity index (χ0n) is 20.6. The van der Waals surface area contributed by atoms with Crippen LogP contribution in [0.2, 0.25) is 5.02 Å². The molecule has 0 fully saturated rings. The average Bonchev–Trinajstić information content (AvgIpc) is 2.87. The molecule has 1 heterocycles. The summed E-state index contributed by atoms with van der Waals surface area (Å²) in [4.78, 5) is 15.4. The van der Waals surface area contributed by atoms with E-state index in [-0.39, 0.29) is 28.4 Å². The Morgan fingerprint density at radius 3 is 2.28 bits per heavy atom. The monoisotopic (exact) mass is 578 g/mol. The van der Waals surface area contributed by atoms with Crippen LogP contribution in [0, 0.1) is 6.92 Å². The van der Waals surface area contributed by atoms with Crippen molar-refractivity contribution in [2.24, 2.45) is 0 Å². The van der Waals surface area contributed by atoms with Gasteiger partial charge in [-0.2, -0.15) is 13.2 Å². The Morgan fingerprint density at radius 2 is 1.69 bits per heavy atom. The van der Waals surface area contributed by atoms with E-state index in [1.54, 1.807) is 25.1 Å². The number of aryl methyl sites for hydroxylation is 1. The van der Waals surface area contributed by atoms with Gasteiger partial charge in [-0.05, 0) is 55.1 Å². The second-order valence-corrected chi connectivity index (χ2v) is 11.3. The molecule has 4 rings (SSSR count). The van der Waals surface area contributed by atoms with Crippen LogP contribution in [0.5, 0.6) is 0 Å². The standard InChI is InChI=1S/C27H22ClF3N2O5S/c1-16-21-6-4-3-5-19(21)14-32-24(16)33(39(37,38)20-10-8-18(9-11-20)25(34)35)15-17-7-12-22(23(28)13-17)26(2,36)27(29,30)31/h3-14,36H,15H2,1-2H3,(H,34,35). The van der Waals surface area contributed by atoms with Crippen LogP contribution in [0.1, 0.15) is 34.0 Å². The second kappa shape index (κ2) is 10.1. The molecule has 0 aliphatic rings. The van der Waals surface area contributed by atoms with E-state index in [4.69, 9.17) is 11.6 Å². The summed E-state index contributed by atoms with van der Waals surface area (Å²) in [5.41, 5.74) is -3.17. The fourth-order valence-electron chi connectivity index (χ4n) is 4.09. The maximum atomic E-state index is 13.9. The number of pyridine rings is 1. The third-order valence-electron chi connectivity index (χ3n) is 6.39. The summed E-state index contributed by atoms with van der Waals surface area (Å²) in [6.45, 7) is 1.90. The van der Waals surface area contributed by atoms with Gasteiger partial charge in [-0.1, -0.05) is 48.0 Å². The van der Waals surface area contributed by atoms with Crippen LogP contribution in [-0.2, 0) is 22.2 Å². The topological polar surface area (TPSA) is 108 Å². The van der Waals surface area contributed by atoms with Crippen molar-refractivity contribution in [2.75, 3.05) is 4.31 Å². The molecule has 1 aromatic heterocycles. The lowest BCUT2D eigenvalue weighted by molar-refractivity contribution is -0.258. The van der Waals surface area contributed by atoms with E-state index in [9.17, 15) is 36.6 Å². The molecule has 12 heteroatoms. The van der Waals surface area contributed by atoms with Crippen LogP contribution >= 0.6 is 11.6 Å². The maximum absolute atomic E-state index is 13.9. The summed E-state index contributed by atoms with van der Waals surface area (Å²) >= 11 is 6.14. The number of sulfonamides is 1. The van der Waals surface area contributed by atoms with E-state index in [1.807, 2.05) is 6.07 Å². The van der Waals surface area contributed by atoms with Gasteiger partial charge in [0.25, 0.3) is 10.0 Å². The van der Waals surface area contributed by atoms with Crippen LogP contribution in [0.25, 0.3) is 10.8 Å². The fourth-order valence-corrected chi connectivity index (χ4v) is 5.94. The van der Waals surface area contributed by atoms with Gasteiger partial charge < -0.3 is 10.2 Å². The molecule has 0 aliphatic heterocycles. The quantitative estimate of drug-likeness (QED) is 0.276. The van der Waals surface area contributed by atoms with Crippen LogP contribution in [-0.4, -0.2) is 35.8 Å². The van der Waals surface area contributed by atoms with Crippen molar-refractivity contribution in [2.45, 2.75) is 37.1 Å². The number of halogens is 4. The highest BCUT2D eigenvalue weighted by atomic mass is 35.5. The van der Waals surface area contributed by atoms with E-state index < -0.39 is 38.4 Å². The van der Waals surface area contributed by atoms with E-state index in [2.05, 4.69) is 4.98 Å². The summed E-state index contributed by atoms with van der Waals surface area (Å²) in [6.07, 6.45) is -3.49. The van der Waals surface area contributed by atoms with Gasteiger partial charge in [-0.3, -0.25) is 0 Å². The number of fused-ring (bicyclic) bond motifs is 1. The second-order valence-electron chi connectivity index (χ2n) is 9.02. The molecule has 0 radical (unpaired) electrons. The van der Waals surface area contributed by atoms with Crippen LogP contribution < -0.4 is 4.31 Å². The maximum Gasteiger partial charge on any atom is 0.421 e. The number of alkyl halides is 3. The highest BCUT2D eigenvalue weighted by molar-refractivity contribution is 7.92. The number of carbonyl (C=O) groups is 1. The molecule has 39 heavy (non-hydrogen) atoms. The molecule has 0 bridgehead atoms. The Hall–Kier alpha value is -3.67. The van der Waals surface area contributed by atoms with Crippen molar-refractivity contribution in [3.63, 3.8) is 0 Å². The lowest BCUT2D eigenvalue weighted by Gasteiger charge is -2.29. The molecule has 4 aromatic rings. The molecule has 0 saturated carbocycles. The van der Waals surface area contributed by atoms with Crippen molar-refractivity contribution in [1.29, 1.82) is 0 Å². The Bertz CT molecular complexity index is 1670. The van der Waals surface area contributed by atoms with Crippen LogP contribution in [0.15, 0.2) is 77.8 Å². The van der Waals surface area contributed by atoms with Crippen LogP contribution in [0.3, 0.4) is 0 Å². The van der Waals surface area contributed by atoms with Gasteiger partial charge in [-0.15, -0.1) is 0 Å². The number of carboxylic acid groups (broad SMARTS) is 1. The molecule has 1 unspecified atom stereocenters. The number of hydrogen-bond acceptors (Lipinski definition) is 5. The lowest BCUT2D eigenvalue weighted by Crippen LogP contribution is -2.39. The Labute approximate surface area is 227 Å². The average molecular weight is 579 g/mol. The molecule has 3 aromatic carbocycles. The molecule has 0 saturated heterocycles. The summed E-state index contributed by atoms with van der Waals surface area (Å²) in [5.74, 6) is -1.16. The van der Waals surface area contributed by atoms with Crippen molar-refractivity contribution in [1.82, 2.24) is 4.98 Å². The van der Waals surface area contributed by atoms with Gasteiger partial charge in [0.15, 0.2) is 5.60 Å². The summed E-state index contributed by atoms with van der Waals surface area (Å²) in [6, 6.07) is 15.2. The smallest absolute Gasteiger partial charge is 0.421 e. The van der Waals surface area contributed by atoms with Gasteiger partial charge in [0.1, 0.15) is 5.82 Å². The van der Waals surface area contributed by atoms with Gasteiger partial charge in [0, 0.05) is 27.7 Å². The van der Waals surface area contributed by atoms with E-state index in [1.165, 1.54) is 12.3 Å². The molecule has 204 valence electrons. The zero-order chi connectivity index (χ0) is 28.8. The molecular formula is C27H22ClF3N2O5S. The zero-order valence-corrected chi connectivity index (χ0v) is 22.1. The minimum atomic E-state index is -5.00. The normalized spacial score (nSPS) is 13.7. The fraction of sp³-hybridized carbons (Fsp3) is 0.185. The van der Waals surface area contributed by atoms with E-state index in [0.29, 0.717) is 12.5 Å². The highest BCUT2D eigenvalue weighted by Gasteiger charge is 2.52. The number of nitrogens with zero attached hydrogens (tertiary/aromatic N) is 2. The van der Waals surface area contributed by atoms with Gasteiger partial charge in [0.05, 0.1) is 17.0 Å². The van der Waals surface area contributed by atoms with E-state index in [0.717, 1.165) is 51.5 Å². The van der Waals surface area contributed by atoms with Gasteiger partial charge in [0.2, 0.25) is 0 Å². The van der Waals surface area contributed by atoms with Crippen LogP contribution in [0.4, 0.5) is 19.0 Å². The summed E-state index contributed by atoms with van der Waals surface area (Å²) in [5, 5.41) is 20.3. The molecule has 1 atom stereocenters. The predicted octanol–water partition coefficient (Wildman–Crippen LogP) is 6.06. The third kappa shape index (κ3) is 5.29. The largest absolute Gasteiger partial charge is 0.478 e. The van der Waals surface area contributed by atoms with Crippen molar-refractivity contribution in [3.8, 4) is 0 Å². The number of aromatic carboxylic acids is 1. The predicted molar refractivity (Wildman–Crippen MR) is 140 cm³/mol. The Balaban J connectivity index is 1.85. The number of hydrogen-bond donors (Lipinski definition) is 2. The van der Waals surface area contributed by atoms with Crippen molar-refractivity contribution in [3.05, 3.63) is 100 Å². The first-order chi connectivity index (χ1) is 18.1. The molecular weight excluding hydrogens is 557 g/mol. The first-order valence-corrected chi connectivity index (χ1v) is 13.2. The number of rotatable bonds is 7. The van der Waals surface area contributed by atoms with Gasteiger partial charge in [-0.25, -0.2) is 22.5 Å². The molecule has 0 spiro atoms. The molecule has 2 N–H and O–H groups in total. The van der Waals surface area contributed by atoms with Crippen molar-refractivity contribution >= 4 is 44.2 Å². The number of aromatic nitrogens is 1. The third-order valence-corrected chi connectivity index (χ3v) is 8.45. The summed E-state index contributed by atoms with van der Waals surface area (Å²) < 4.78 is 68.9. The Kier molecular flexibility index (Phi) is 7.37. The first-order valence-electron chi connectivity index (χ1n) is 11.4.